The number of nitrogens with one attached hydrogen (secondary N) is 1. The number of carbonyl (C=O) groups excluding carboxylic acids is 2. The van der Waals surface area contributed by atoms with Gasteiger partial charge >= 0.3 is 0 Å². The lowest BCUT2D eigenvalue weighted by Crippen LogP contribution is -2.32. The minimum atomic E-state index is -0.574. The van der Waals surface area contributed by atoms with Gasteiger partial charge in [-0.05, 0) is 36.2 Å². The van der Waals surface area contributed by atoms with E-state index in [4.69, 9.17) is 21.1 Å². The number of halogens is 1. The lowest BCUT2D eigenvalue weighted by atomic mass is 10.1. The number of imide groups is 1. The molecule has 3 rings (SSSR count). The highest BCUT2D eigenvalue weighted by atomic mass is 35.5. The molecule has 27 heavy (non-hydrogen) atoms. The van der Waals surface area contributed by atoms with Gasteiger partial charge in [0.25, 0.3) is 11.8 Å². The van der Waals surface area contributed by atoms with E-state index in [-0.39, 0.29) is 10.7 Å². The van der Waals surface area contributed by atoms with E-state index in [0.717, 1.165) is 16.9 Å². The van der Waals surface area contributed by atoms with E-state index in [9.17, 15) is 9.59 Å². The molecule has 0 aliphatic carbocycles. The molecule has 2 aromatic carbocycles. The standard InChI is InChI=1S/C20H19ClN2O4/c1-4-12-5-7-13(8-6-12)23-19(24)17(21)18(20(23)25)22-15-11-14(26-2)9-10-16(15)27-3/h5-11,22H,4H2,1-3H3. The minimum absolute atomic E-state index is 0.00668. The zero-order valence-corrected chi connectivity index (χ0v) is 16.0. The molecule has 0 radical (unpaired) electrons. The second kappa shape index (κ2) is 7.72. The molecule has 1 N–H and O–H groups in total. The topological polar surface area (TPSA) is 67.9 Å². The smallest absolute Gasteiger partial charge is 0.283 e. The summed E-state index contributed by atoms with van der Waals surface area (Å²) in [6.45, 7) is 2.03. The van der Waals surface area contributed by atoms with Gasteiger partial charge in [-0.25, -0.2) is 4.90 Å². The Morgan fingerprint density at radius 1 is 1.00 bits per heavy atom. The summed E-state index contributed by atoms with van der Waals surface area (Å²) in [5.41, 5.74) is 2.04. The number of anilines is 2. The van der Waals surface area contributed by atoms with Crippen molar-refractivity contribution < 1.29 is 19.1 Å². The molecular weight excluding hydrogens is 368 g/mol. The van der Waals surface area contributed by atoms with Gasteiger partial charge in [-0.1, -0.05) is 30.7 Å². The predicted octanol–water partition coefficient (Wildman–Crippen LogP) is 3.70. The van der Waals surface area contributed by atoms with Crippen LogP contribution in [0.15, 0.2) is 53.2 Å². The Labute approximate surface area is 162 Å². The monoisotopic (exact) mass is 386 g/mol. The van der Waals surface area contributed by atoms with Crippen molar-refractivity contribution in [3.8, 4) is 11.5 Å². The van der Waals surface area contributed by atoms with Crippen molar-refractivity contribution in [3.63, 3.8) is 0 Å². The molecule has 140 valence electrons. The maximum atomic E-state index is 12.9. The predicted molar refractivity (Wildman–Crippen MR) is 104 cm³/mol. The zero-order chi connectivity index (χ0) is 19.6. The maximum absolute atomic E-state index is 12.9. The van der Waals surface area contributed by atoms with Gasteiger partial charge in [-0.3, -0.25) is 9.59 Å². The fourth-order valence-corrected chi connectivity index (χ4v) is 2.99. The van der Waals surface area contributed by atoms with E-state index >= 15 is 0 Å². The van der Waals surface area contributed by atoms with Crippen molar-refractivity contribution in [1.29, 1.82) is 0 Å². The van der Waals surface area contributed by atoms with Crippen LogP contribution in [0.1, 0.15) is 12.5 Å². The molecule has 0 atom stereocenters. The van der Waals surface area contributed by atoms with Gasteiger partial charge in [0.05, 0.1) is 25.6 Å². The number of hydrogen-bond acceptors (Lipinski definition) is 5. The summed E-state index contributed by atoms with van der Waals surface area (Å²) in [5, 5.41) is 2.74. The van der Waals surface area contributed by atoms with Gasteiger partial charge in [0.2, 0.25) is 0 Å². The second-order valence-corrected chi connectivity index (χ2v) is 6.22. The van der Waals surface area contributed by atoms with Crippen LogP contribution in [0.2, 0.25) is 0 Å². The minimum Gasteiger partial charge on any atom is -0.497 e. The molecule has 0 unspecified atom stereocenters. The summed E-state index contributed by atoms with van der Waals surface area (Å²) in [6.07, 6.45) is 0.865. The third-order valence-electron chi connectivity index (χ3n) is 4.30. The number of amides is 2. The van der Waals surface area contributed by atoms with E-state index in [1.807, 2.05) is 19.1 Å². The Morgan fingerprint density at radius 2 is 1.70 bits per heavy atom. The van der Waals surface area contributed by atoms with E-state index < -0.39 is 11.8 Å². The van der Waals surface area contributed by atoms with Crippen molar-refractivity contribution in [1.82, 2.24) is 0 Å². The van der Waals surface area contributed by atoms with Crippen LogP contribution in [0, 0.1) is 0 Å². The molecule has 0 saturated heterocycles. The van der Waals surface area contributed by atoms with E-state index in [2.05, 4.69) is 5.32 Å². The summed E-state index contributed by atoms with van der Waals surface area (Å²) in [6, 6.07) is 12.3. The Kier molecular flexibility index (Phi) is 5.37. The highest BCUT2D eigenvalue weighted by Crippen LogP contribution is 2.34. The number of ether oxygens (including phenoxy) is 2. The van der Waals surface area contributed by atoms with E-state index in [0.29, 0.717) is 22.9 Å². The van der Waals surface area contributed by atoms with Gasteiger partial charge in [0.15, 0.2) is 0 Å². The van der Waals surface area contributed by atoms with Gasteiger partial charge in [0, 0.05) is 6.07 Å². The summed E-state index contributed by atoms with van der Waals surface area (Å²) in [4.78, 5) is 26.5. The van der Waals surface area contributed by atoms with Crippen LogP contribution in [0.3, 0.4) is 0 Å². The van der Waals surface area contributed by atoms with Crippen molar-refractivity contribution >= 4 is 34.8 Å². The molecule has 0 spiro atoms. The van der Waals surface area contributed by atoms with E-state index in [1.165, 1.54) is 14.2 Å². The zero-order valence-electron chi connectivity index (χ0n) is 15.2. The van der Waals surface area contributed by atoms with Crippen LogP contribution in [-0.4, -0.2) is 26.0 Å². The van der Waals surface area contributed by atoms with Crippen LogP contribution >= 0.6 is 11.6 Å². The molecule has 0 aromatic heterocycles. The number of hydrogen-bond donors (Lipinski definition) is 1. The molecule has 2 aromatic rings. The molecule has 0 fully saturated rings. The summed E-state index contributed by atoms with van der Waals surface area (Å²) in [5.74, 6) is -0.0491. The fourth-order valence-electron chi connectivity index (χ4n) is 2.77. The Hall–Kier alpha value is -2.99. The first-order valence-corrected chi connectivity index (χ1v) is 8.74. The van der Waals surface area contributed by atoms with Crippen molar-refractivity contribution in [2.24, 2.45) is 0 Å². The highest BCUT2D eigenvalue weighted by molar-refractivity contribution is 6.53. The molecule has 6 nitrogen and oxygen atoms in total. The first-order valence-electron chi connectivity index (χ1n) is 8.36. The molecule has 7 heteroatoms. The number of aryl methyl sites for hydroxylation is 1. The third kappa shape index (κ3) is 3.48. The Balaban J connectivity index is 1.93. The maximum Gasteiger partial charge on any atom is 0.283 e. The van der Waals surface area contributed by atoms with E-state index in [1.54, 1.807) is 30.3 Å². The highest BCUT2D eigenvalue weighted by Gasteiger charge is 2.39. The first kappa shape index (κ1) is 18.8. The van der Waals surface area contributed by atoms with Crippen molar-refractivity contribution in [3.05, 3.63) is 58.8 Å². The van der Waals surface area contributed by atoms with Crippen molar-refractivity contribution in [2.75, 3.05) is 24.4 Å². The molecule has 1 aliphatic rings. The van der Waals surface area contributed by atoms with Gasteiger partial charge in [-0.15, -0.1) is 0 Å². The third-order valence-corrected chi connectivity index (χ3v) is 4.65. The molecule has 0 bridgehead atoms. The number of methoxy groups -OCH3 is 2. The Bertz CT molecular complexity index is 922. The number of carbonyl (C=O) groups is 2. The average molecular weight is 387 g/mol. The lowest BCUT2D eigenvalue weighted by Gasteiger charge is -2.16. The Morgan fingerprint density at radius 3 is 2.30 bits per heavy atom. The van der Waals surface area contributed by atoms with Crippen LogP contribution in [0.5, 0.6) is 11.5 Å². The van der Waals surface area contributed by atoms with Gasteiger partial charge < -0.3 is 14.8 Å². The number of nitrogens with zero attached hydrogens (tertiary/aromatic N) is 1. The van der Waals surface area contributed by atoms with Crippen LogP contribution in [0.25, 0.3) is 0 Å². The SMILES string of the molecule is CCc1ccc(N2C(=O)C(Cl)=C(Nc3cc(OC)ccc3OC)C2=O)cc1. The summed E-state index contributed by atoms with van der Waals surface area (Å²) >= 11 is 6.18. The van der Waals surface area contributed by atoms with Crippen molar-refractivity contribution in [2.45, 2.75) is 13.3 Å². The summed E-state index contributed by atoms with van der Waals surface area (Å²) < 4.78 is 10.5. The lowest BCUT2D eigenvalue weighted by molar-refractivity contribution is -0.120. The molecule has 0 saturated carbocycles. The number of benzene rings is 2. The molecule has 2 amide bonds. The van der Waals surface area contributed by atoms with Gasteiger partial charge in [-0.2, -0.15) is 0 Å². The molecular formula is C20H19ClN2O4. The molecule has 1 aliphatic heterocycles. The first-order chi connectivity index (χ1) is 13.0. The van der Waals surface area contributed by atoms with Gasteiger partial charge in [0.1, 0.15) is 22.2 Å². The van der Waals surface area contributed by atoms with Crippen LogP contribution < -0.4 is 19.7 Å². The average Bonchev–Trinajstić information content (AvgIpc) is 2.91. The van der Waals surface area contributed by atoms with Crippen LogP contribution in [0.4, 0.5) is 11.4 Å². The normalized spacial score (nSPS) is 14.0. The summed E-state index contributed by atoms with van der Waals surface area (Å²) in [7, 11) is 3.04. The number of rotatable bonds is 6. The molecule has 1 heterocycles. The van der Waals surface area contributed by atoms with Crippen LogP contribution in [-0.2, 0) is 16.0 Å². The fraction of sp³-hybridized carbons (Fsp3) is 0.200. The second-order valence-electron chi connectivity index (χ2n) is 5.85. The largest absolute Gasteiger partial charge is 0.497 e. The quantitative estimate of drug-likeness (QED) is 0.766.